The highest BCUT2D eigenvalue weighted by Crippen LogP contribution is 2.20. The van der Waals surface area contributed by atoms with E-state index in [1.54, 1.807) is 6.20 Å². The maximum absolute atomic E-state index is 13.1. The zero-order chi connectivity index (χ0) is 12.5. The molecular formula is C14H8F2N2. The Bertz CT molecular complexity index is 726. The average molecular weight is 242 g/mol. The first-order valence-corrected chi connectivity index (χ1v) is 5.41. The van der Waals surface area contributed by atoms with Gasteiger partial charge in [-0.25, -0.2) is 18.7 Å². The Labute approximate surface area is 102 Å². The van der Waals surface area contributed by atoms with Crippen LogP contribution in [0.25, 0.3) is 22.3 Å². The van der Waals surface area contributed by atoms with Crippen molar-refractivity contribution in [2.75, 3.05) is 0 Å². The highest BCUT2D eigenvalue weighted by molar-refractivity contribution is 5.79. The van der Waals surface area contributed by atoms with E-state index in [0.29, 0.717) is 11.4 Å². The highest BCUT2D eigenvalue weighted by atomic mass is 19.2. The minimum absolute atomic E-state index is 0.382. The lowest BCUT2D eigenvalue weighted by Gasteiger charge is -2.02. The van der Waals surface area contributed by atoms with E-state index in [4.69, 9.17) is 0 Å². The van der Waals surface area contributed by atoms with Crippen molar-refractivity contribution in [2.24, 2.45) is 0 Å². The number of halogens is 2. The quantitative estimate of drug-likeness (QED) is 0.651. The lowest BCUT2D eigenvalue weighted by atomic mass is 10.2. The molecule has 0 fully saturated rings. The molecular weight excluding hydrogens is 234 g/mol. The summed E-state index contributed by atoms with van der Waals surface area (Å²) in [4.78, 5) is 8.46. The number of hydrogen-bond donors (Lipinski definition) is 0. The van der Waals surface area contributed by atoms with Crippen LogP contribution >= 0.6 is 0 Å². The lowest BCUT2D eigenvalue weighted by molar-refractivity contribution is 0.509. The van der Waals surface area contributed by atoms with Gasteiger partial charge in [0.1, 0.15) is 0 Å². The second-order valence-corrected chi connectivity index (χ2v) is 3.88. The van der Waals surface area contributed by atoms with Crippen molar-refractivity contribution >= 4 is 10.9 Å². The number of benzene rings is 2. The van der Waals surface area contributed by atoms with Gasteiger partial charge in [0.05, 0.1) is 5.52 Å². The molecule has 0 saturated carbocycles. The highest BCUT2D eigenvalue weighted by Gasteiger charge is 2.07. The summed E-state index contributed by atoms with van der Waals surface area (Å²) in [5.74, 6) is -1.39. The van der Waals surface area contributed by atoms with Crippen LogP contribution in [0.5, 0.6) is 0 Å². The Hall–Kier alpha value is -2.36. The van der Waals surface area contributed by atoms with Crippen LogP contribution in [0.1, 0.15) is 0 Å². The predicted octanol–water partition coefficient (Wildman–Crippen LogP) is 3.58. The topological polar surface area (TPSA) is 25.8 Å². The van der Waals surface area contributed by atoms with Gasteiger partial charge in [0.2, 0.25) is 0 Å². The summed E-state index contributed by atoms with van der Waals surface area (Å²) in [5, 5.41) is 0.906. The monoisotopic (exact) mass is 242 g/mol. The van der Waals surface area contributed by atoms with Crippen molar-refractivity contribution in [2.45, 2.75) is 0 Å². The van der Waals surface area contributed by atoms with E-state index in [1.807, 2.05) is 24.3 Å². The van der Waals surface area contributed by atoms with Crippen LogP contribution in [0, 0.1) is 11.6 Å². The molecule has 2 nitrogen and oxygen atoms in total. The Morgan fingerprint density at radius 1 is 0.889 bits per heavy atom. The van der Waals surface area contributed by atoms with E-state index in [0.717, 1.165) is 23.0 Å². The summed E-state index contributed by atoms with van der Waals surface area (Å²) in [6.07, 6.45) is 1.67. The fraction of sp³-hybridized carbons (Fsp3) is 0. The minimum Gasteiger partial charge on any atom is -0.236 e. The Balaban J connectivity index is 2.16. The lowest BCUT2D eigenvalue weighted by Crippen LogP contribution is -1.91. The van der Waals surface area contributed by atoms with E-state index in [9.17, 15) is 8.78 Å². The van der Waals surface area contributed by atoms with Gasteiger partial charge in [-0.2, -0.15) is 0 Å². The van der Waals surface area contributed by atoms with E-state index in [1.165, 1.54) is 6.07 Å². The van der Waals surface area contributed by atoms with Crippen molar-refractivity contribution in [1.29, 1.82) is 0 Å². The van der Waals surface area contributed by atoms with Crippen molar-refractivity contribution in [1.82, 2.24) is 9.97 Å². The number of hydrogen-bond acceptors (Lipinski definition) is 2. The van der Waals surface area contributed by atoms with Crippen molar-refractivity contribution < 1.29 is 8.78 Å². The van der Waals surface area contributed by atoms with Gasteiger partial charge in [0.15, 0.2) is 17.5 Å². The standard InChI is InChI=1S/C14H8F2N2/c15-11-6-5-9(7-12(11)16)14-17-8-10-3-1-2-4-13(10)18-14/h1-8H. The van der Waals surface area contributed by atoms with E-state index < -0.39 is 11.6 Å². The molecule has 3 aromatic rings. The largest absolute Gasteiger partial charge is 0.236 e. The van der Waals surface area contributed by atoms with Crippen molar-refractivity contribution in [3.05, 3.63) is 60.3 Å². The first kappa shape index (κ1) is 10.8. The molecule has 0 aliphatic carbocycles. The Morgan fingerprint density at radius 2 is 1.72 bits per heavy atom. The van der Waals surface area contributed by atoms with Gasteiger partial charge in [-0.3, -0.25) is 0 Å². The van der Waals surface area contributed by atoms with Gasteiger partial charge in [0.25, 0.3) is 0 Å². The van der Waals surface area contributed by atoms with E-state index in [2.05, 4.69) is 9.97 Å². The smallest absolute Gasteiger partial charge is 0.159 e. The Morgan fingerprint density at radius 3 is 2.56 bits per heavy atom. The third-order valence-corrected chi connectivity index (χ3v) is 2.67. The van der Waals surface area contributed by atoms with Crippen LogP contribution in [-0.2, 0) is 0 Å². The summed E-state index contributed by atoms with van der Waals surface area (Å²) in [6, 6.07) is 11.1. The van der Waals surface area contributed by atoms with Crippen molar-refractivity contribution in [3.8, 4) is 11.4 Å². The fourth-order valence-electron chi connectivity index (χ4n) is 1.75. The molecule has 0 radical (unpaired) electrons. The third kappa shape index (κ3) is 1.82. The molecule has 1 aromatic heterocycles. The summed E-state index contributed by atoms with van der Waals surface area (Å²) < 4.78 is 26.0. The number of rotatable bonds is 1. The zero-order valence-corrected chi connectivity index (χ0v) is 9.27. The molecule has 0 N–H and O–H groups in total. The van der Waals surface area contributed by atoms with Crippen LogP contribution in [0.3, 0.4) is 0 Å². The molecule has 4 heteroatoms. The van der Waals surface area contributed by atoms with Crippen LogP contribution in [-0.4, -0.2) is 9.97 Å². The summed E-state index contributed by atoms with van der Waals surface area (Å²) in [5.41, 5.74) is 1.23. The van der Waals surface area contributed by atoms with Crippen LogP contribution in [0.4, 0.5) is 8.78 Å². The maximum atomic E-state index is 13.1. The maximum Gasteiger partial charge on any atom is 0.159 e. The first-order chi connectivity index (χ1) is 8.74. The molecule has 1 heterocycles. The van der Waals surface area contributed by atoms with Crippen molar-refractivity contribution in [3.63, 3.8) is 0 Å². The molecule has 0 aliphatic heterocycles. The average Bonchev–Trinajstić information content (AvgIpc) is 2.41. The number of para-hydroxylation sites is 1. The molecule has 2 aromatic carbocycles. The number of fused-ring (bicyclic) bond motifs is 1. The molecule has 0 unspecified atom stereocenters. The minimum atomic E-state index is -0.899. The molecule has 0 spiro atoms. The molecule has 0 amide bonds. The van der Waals surface area contributed by atoms with Gasteiger partial charge in [-0.15, -0.1) is 0 Å². The molecule has 0 atom stereocenters. The van der Waals surface area contributed by atoms with Gasteiger partial charge in [-0.1, -0.05) is 18.2 Å². The third-order valence-electron chi connectivity index (χ3n) is 2.67. The Kier molecular flexibility index (Phi) is 2.48. The molecule has 3 rings (SSSR count). The van der Waals surface area contributed by atoms with Crippen LogP contribution in [0.15, 0.2) is 48.7 Å². The first-order valence-electron chi connectivity index (χ1n) is 5.41. The summed E-state index contributed by atoms with van der Waals surface area (Å²) >= 11 is 0. The molecule has 18 heavy (non-hydrogen) atoms. The number of nitrogens with zero attached hydrogens (tertiary/aromatic N) is 2. The van der Waals surface area contributed by atoms with E-state index >= 15 is 0 Å². The van der Waals surface area contributed by atoms with Crippen LogP contribution in [0.2, 0.25) is 0 Å². The zero-order valence-electron chi connectivity index (χ0n) is 9.27. The second kappa shape index (κ2) is 4.14. The summed E-state index contributed by atoms with van der Waals surface area (Å²) in [6.45, 7) is 0. The SMILES string of the molecule is Fc1ccc(-c2ncc3ccccc3n2)cc1F. The number of aromatic nitrogens is 2. The molecule has 0 aliphatic rings. The van der Waals surface area contributed by atoms with Gasteiger partial charge < -0.3 is 0 Å². The molecule has 0 bridgehead atoms. The molecule has 88 valence electrons. The fourth-order valence-corrected chi connectivity index (χ4v) is 1.75. The predicted molar refractivity (Wildman–Crippen MR) is 64.9 cm³/mol. The van der Waals surface area contributed by atoms with Gasteiger partial charge in [-0.05, 0) is 24.3 Å². The van der Waals surface area contributed by atoms with E-state index in [-0.39, 0.29) is 0 Å². The second-order valence-electron chi connectivity index (χ2n) is 3.88. The normalized spacial score (nSPS) is 10.8. The molecule has 0 saturated heterocycles. The summed E-state index contributed by atoms with van der Waals surface area (Å²) in [7, 11) is 0. The van der Waals surface area contributed by atoms with Crippen LogP contribution < -0.4 is 0 Å². The van der Waals surface area contributed by atoms with Gasteiger partial charge in [0, 0.05) is 17.1 Å². The van der Waals surface area contributed by atoms with Gasteiger partial charge >= 0.3 is 0 Å².